The lowest BCUT2D eigenvalue weighted by molar-refractivity contribution is 0.249. The molecule has 4 aromatic rings. The average Bonchev–Trinajstić information content (AvgIpc) is 3.44. The molecule has 0 radical (unpaired) electrons. The molecule has 9 heteroatoms. The Labute approximate surface area is 174 Å². The number of anilines is 1. The van der Waals surface area contributed by atoms with Crippen LogP contribution in [0.1, 0.15) is 32.9 Å². The van der Waals surface area contributed by atoms with E-state index < -0.39 is 0 Å². The summed E-state index contributed by atoms with van der Waals surface area (Å²) in [5.41, 5.74) is 2.70. The van der Waals surface area contributed by atoms with E-state index >= 15 is 0 Å². The zero-order valence-corrected chi connectivity index (χ0v) is 17.8. The first-order valence-corrected chi connectivity index (χ1v) is 10.3. The van der Waals surface area contributed by atoms with E-state index in [-0.39, 0.29) is 5.41 Å². The quantitative estimate of drug-likeness (QED) is 0.515. The van der Waals surface area contributed by atoms with Crippen molar-refractivity contribution in [2.45, 2.75) is 32.6 Å². The number of aryl methyl sites for hydroxylation is 1. The second-order valence-corrected chi connectivity index (χ2v) is 8.96. The van der Waals surface area contributed by atoms with E-state index in [4.69, 9.17) is 4.74 Å². The molecule has 156 valence electrons. The van der Waals surface area contributed by atoms with Gasteiger partial charge in [0.05, 0.1) is 30.1 Å². The summed E-state index contributed by atoms with van der Waals surface area (Å²) in [5, 5.41) is 9.88. The molecule has 1 saturated heterocycles. The Kier molecular flexibility index (Phi) is 4.34. The molecule has 1 aliphatic rings. The number of imidazole rings is 1. The molecule has 5 heterocycles. The molecule has 30 heavy (non-hydrogen) atoms. The molecule has 1 unspecified atom stereocenters. The van der Waals surface area contributed by atoms with Crippen molar-refractivity contribution in [3.8, 4) is 5.88 Å². The molecule has 0 saturated carbocycles. The van der Waals surface area contributed by atoms with Crippen LogP contribution >= 0.6 is 0 Å². The molecule has 4 aromatic heterocycles. The summed E-state index contributed by atoms with van der Waals surface area (Å²) in [6.07, 6.45) is 6.48. The van der Waals surface area contributed by atoms with Gasteiger partial charge in [-0.05, 0) is 12.5 Å². The maximum absolute atomic E-state index is 6.03. The highest BCUT2D eigenvalue weighted by atomic mass is 16.5. The molecule has 0 N–H and O–H groups in total. The Morgan fingerprint density at radius 2 is 2.07 bits per heavy atom. The Morgan fingerprint density at radius 3 is 2.90 bits per heavy atom. The third-order valence-electron chi connectivity index (χ3n) is 5.62. The molecule has 0 spiro atoms. The highest BCUT2D eigenvalue weighted by Crippen LogP contribution is 2.28. The summed E-state index contributed by atoms with van der Waals surface area (Å²) < 4.78 is 9.61. The zero-order valence-electron chi connectivity index (χ0n) is 17.8. The monoisotopic (exact) mass is 406 g/mol. The lowest BCUT2D eigenvalue weighted by atomic mass is 9.93. The van der Waals surface area contributed by atoms with E-state index in [1.54, 1.807) is 15.5 Å². The average molecular weight is 406 g/mol. The summed E-state index contributed by atoms with van der Waals surface area (Å²) in [5.74, 6) is 1.98. The molecule has 0 bridgehead atoms. The summed E-state index contributed by atoms with van der Waals surface area (Å²) >= 11 is 0. The maximum atomic E-state index is 6.03. The highest BCUT2D eigenvalue weighted by molar-refractivity contribution is 5.86. The fraction of sp³-hybridized carbons (Fsp3) is 0.476. The van der Waals surface area contributed by atoms with Gasteiger partial charge in [-0.25, -0.2) is 19.5 Å². The van der Waals surface area contributed by atoms with Crippen LogP contribution in [0.25, 0.3) is 16.7 Å². The van der Waals surface area contributed by atoms with Gasteiger partial charge >= 0.3 is 0 Å². The first-order valence-electron chi connectivity index (χ1n) is 10.3. The Hall–Kier alpha value is -3.23. The van der Waals surface area contributed by atoms with E-state index in [9.17, 15) is 0 Å². The second-order valence-electron chi connectivity index (χ2n) is 8.96. The van der Waals surface area contributed by atoms with Crippen LogP contribution in [0.4, 0.5) is 5.82 Å². The predicted octanol–water partition coefficient (Wildman–Crippen LogP) is 2.61. The SMILES string of the molecule is Cn1ncc2c(N3CCC(COc4ccc5nc(C(C)(C)C)cn5n4)C3)ncnc21. The number of hydrogen-bond acceptors (Lipinski definition) is 7. The fourth-order valence-corrected chi connectivity index (χ4v) is 3.87. The van der Waals surface area contributed by atoms with Crippen molar-refractivity contribution in [3.05, 3.63) is 36.5 Å². The van der Waals surface area contributed by atoms with Crippen LogP contribution in [0.15, 0.2) is 30.9 Å². The van der Waals surface area contributed by atoms with Gasteiger partial charge in [0.15, 0.2) is 11.3 Å². The van der Waals surface area contributed by atoms with Crippen LogP contribution in [-0.2, 0) is 12.5 Å². The van der Waals surface area contributed by atoms with Crippen molar-refractivity contribution < 1.29 is 4.74 Å². The number of fused-ring (bicyclic) bond motifs is 2. The van der Waals surface area contributed by atoms with Gasteiger partial charge in [-0.2, -0.15) is 5.10 Å². The lowest BCUT2D eigenvalue weighted by Crippen LogP contribution is -2.23. The van der Waals surface area contributed by atoms with Gasteiger partial charge in [0.2, 0.25) is 5.88 Å². The normalized spacial score (nSPS) is 17.3. The van der Waals surface area contributed by atoms with Crippen LogP contribution in [0, 0.1) is 5.92 Å². The van der Waals surface area contributed by atoms with Crippen molar-refractivity contribution in [1.82, 2.24) is 34.3 Å². The minimum atomic E-state index is -0.0112. The number of aromatic nitrogens is 7. The topological polar surface area (TPSA) is 86.3 Å². The zero-order chi connectivity index (χ0) is 20.9. The minimum Gasteiger partial charge on any atom is -0.476 e. The van der Waals surface area contributed by atoms with Crippen molar-refractivity contribution in [3.63, 3.8) is 0 Å². The van der Waals surface area contributed by atoms with Crippen LogP contribution in [0.5, 0.6) is 5.88 Å². The number of nitrogens with zero attached hydrogens (tertiary/aromatic N) is 8. The maximum Gasteiger partial charge on any atom is 0.231 e. The van der Waals surface area contributed by atoms with Crippen LogP contribution in [-0.4, -0.2) is 54.0 Å². The molecule has 1 atom stereocenters. The molecule has 0 amide bonds. The van der Waals surface area contributed by atoms with Gasteiger partial charge in [-0.1, -0.05) is 20.8 Å². The molecular formula is C21H26N8O. The van der Waals surface area contributed by atoms with Gasteiger partial charge in [0, 0.05) is 37.5 Å². The number of hydrogen-bond donors (Lipinski definition) is 0. The highest BCUT2D eigenvalue weighted by Gasteiger charge is 2.26. The van der Waals surface area contributed by atoms with Crippen LogP contribution in [0.2, 0.25) is 0 Å². The predicted molar refractivity (Wildman–Crippen MR) is 114 cm³/mol. The summed E-state index contributed by atoms with van der Waals surface area (Å²) in [6, 6.07) is 3.85. The number of rotatable bonds is 4. The van der Waals surface area contributed by atoms with Crippen molar-refractivity contribution in [1.29, 1.82) is 0 Å². The number of ether oxygens (including phenoxy) is 1. The molecular weight excluding hydrogens is 380 g/mol. The van der Waals surface area contributed by atoms with Crippen LogP contribution in [0.3, 0.4) is 0 Å². The van der Waals surface area contributed by atoms with Gasteiger partial charge in [-0.15, -0.1) is 5.10 Å². The Morgan fingerprint density at radius 1 is 1.20 bits per heavy atom. The molecule has 1 aliphatic heterocycles. The summed E-state index contributed by atoms with van der Waals surface area (Å²) in [7, 11) is 1.90. The van der Waals surface area contributed by atoms with Gasteiger partial charge in [0.1, 0.15) is 12.1 Å². The van der Waals surface area contributed by atoms with Gasteiger partial charge in [-0.3, -0.25) is 4.68 Å². The van der Waals surface area contributed by atoms with Crippen LogP contribution < -0.4 is 9.64 Å². The third-order valence-corrected chi connectivity index (χ3v) is 5.62. The fourth-order valence-electron chi connectivity index (χ4n) is 3.87. The van der Waals surface area contributed by atoms with E-state index in [2.05, 4.69) is 50.8 Å². The summed E-state index contributed by atoms with van der Waals surface area (Å²) in [4.78, 5) is 15.8. The molecule has 0 aromatic carbocycles. The largest absolute Gasteiger partial charge is 0.476 e. The van der Waals surface area contributed by atoms with Crippen molar-refractivity contribution >= 4 is 22.5 Å². The smallest absolute Gasteiger partial charge is 0.231 e. The first kappa shape index (κ1) is 18.8. The Balaban J connectivity index is 1.26. The van der Waals surface area contributed by atoms with Gasteiger partial charge in [0.25, 0.3) is 0 Å². The summed E-state index contributed by atoms with van der Waals surface area (Å²) in [6.45, 7) is 8.90. The second kappa shape index (κ2) is 6.93. The van der Waals surface area contributed by atoms with Gasteiger partial charge < -0.3 is 9.64 Å². The van der Waals surface area contributed by atoms with E-state index in [0.717, 1.165) is 47.7 Å². The lowest BCUT2D eigenvalue weighted by Gasteiger charge is -2.18. The van der Waals surface area contributed by atoms with E-state index in [1.165, 1.54) is 0 Å². The standard InChI is InChI=1S/C21H26N8O/c1-21(2,3)16-11-29-17(25-16)5-6-18(26-29)30-12-14-7-8-28(10-14)20-15-9-24-27(4)19(15)22-13-23-20/h5-6,9,11,13-14H,7-8,10,12H2,1-4H3. The Bertz CT molecular complexity index is 1200. The first-order chi connectivity index (χ1) is 14.4. The van der Waals surface area contributed by atoms with Crippen molar-refractivity contribution in [2.75, 3.05) is 24.6 Å². The molecule has 9 nitrogen and oxygen atoms in total. The van der Waals surface area contributed by atoms with Crippen molar-refractivity contribution in [2.24, 2.45) is 13.0 Å². The third kappa shape index (κ3) is 3.34. The molecule has 5 rings (SSSR count). The minimum absolute atomic E-state index is 0.0112. The van der Waals surface area contributed by atoms with E-state index in [0.29, 0.717) is 18.4 Å². The molecule has 1 fully saturated rings. The molecule has 0 aliphatic carbocycles. The van der Waals surface area contributed by atoms with E-state index in [1.807, 2.05) is 31.6 Å².